The minimum Gasteiger partial charge on any atom is -0.494 e. The van der Waals surface area contributed by atoms with Gasteiger partial charge in [0.1, 0.15) is 5.75 Å². The summed E-state index contributed by atoms with van der Waals surface area (Å²) in [7, 11) is 0. The molecular weight excluding hydrogens is 390 g/mol. The monoisotopic (exact) mass is 417 g/mol. The molecule has 0 radical (unpaired) electrons. The zero-order chi connectivity index (χ0) is 21.2. The Morgan fingerprint density at radius 1 is 1.07 bits per heavy atom. The van der Waals surface area contributed by atoms with Crippen LogP contribution in [0.5, 0.6) is 5.75 Å². The van der Waals surface area contributed by atoms with Gasteiger partial charge < -0.3 is 14.8 Å². The van der Waals surface area contributed by atoms with Crippen LogP contribution in [0.3, 0.4) is 0 Å². The number of carbonyl (C=O) groups is 2. The van der Waals surface area contributed by atoms with E-state index in [1.54, 1.807) is 42.5 Å². The fourth-order valence-electron chi connectivity index (χ4n) is 2.67. The van der Waals surface area contributed by atoms with Crippen molar-refractivity contribution in [1.82, 2.24) is 0 Å². The molecule has 1 unspecified atom stereocenters. The van der Waals surface area contributed by atoms with Gasteiger partial charge in [-0.2, -0.15) is 0 Å². The first-order chi connectivity index (χ1) is 13.9. The molecule has 5 nitrogen and oxygen atoms in total. The van der Waals surface area contributed by atoms with Crippen LogP contribution in [0.2, 0.25) is 5.02 Å². The van der Waals surface area contributed by atoms with Crippen LogP contribution in [0.4, 0.5) is 5.69 Å². The second-order valence-electron chi connectivity index (χ2n) is 6.88. The summed E-state index contributed by atoms with van der Waals surface area (Å²) in [6.07, 6.45) is 3.60. The van der Waals surface area contributed by atoms with Gasteiger partial charge in [-0.3, -0.25) is 4.79 Å². The molecule has 0 saturated heterocycles. The maximum absolute atomic E-state index is 12.3. The molecule has 0 aliphatic heterocycles. The highest BCUT2D eigenvalue weighted by atomic mass is 35.5. The Hall–Kier alpha value is -2.53. The Balaban J connectivity index is 1.85. The number of benzene rings is 2. The van der Waals surface area contributed by atoms with E-state index in [9.17, 15) is 9.59 Å². The summed E-state index contributed by atoms with van der Waals surface area (Å²) in [4.78, 5) is 24.7. The van der Waals surface area contributed by atoms with E-state index in [0.717, 1.165) is 18.4 Å². The van der Waals surface area contributed by atoms with Crippen molar-refractivity contribution in [2.45, 2.75) is 52.6 Å². The first kappa shape index (κ1) is 22.8. The van der Waals surface area contributed by atoms with Crippen LogP contribution in [0, 0.1) is 6.92 Å². The summed E-state index contributed by atoms with van der Waals surface area (Å²) in [6, 6.07) is 12.0. The van der Waals surface area contributed by atoms with E-state index in [-0.39, 0.29) is 0 Å². The van der Waals surface area contributed by atoms with E-state index in [1.807, 2.05) is 6.92 Å². The molecule has 29 heavy (non-hydrogen) atoms. The molecule has 0 aliphatic rings. The molecule has 2 aromatic carbocycles. The molecule has 2 rings (SSSR count). The van der Waals surface area contributed by atoms with Crippen molar-refractivity contribution < 1.29 is 19.1 Å². The number of esters is 1. The lowest BCUT2D eigenvalue weighted by molar-refractivity contribution is -0.123. The smallest absolute Gasteiger partial charge is 0.338 e. The van der Waals surface area contributed by atoms with Crippen LogP contribution >= 0.6 is 11.6 Å². The van der Waals surface area contributed by atoms with Crippen LogP contribution in [0.1, 0.15) is 55.5 Å². The van der Waals surface area contributed by atoms with Crippen LogP contribution in [0.25, 0.3) is 0 Å². The first-order valence-corrected chi connectivity index (χ1v) is 10.3. The maximum atomic E-state index is 12.3. The Morgan fingerprint density at radius 3 is 2.48 bits per heavy atom. The SMILES string of the molecule is CCCCCCOc1ccc(C(=O)OC(C)C(=O)Nc2cccc(Cl)c2C)cc1. The summed E-state index contributed by atoms with van der Waals surface area (Å²) >= 11 is 6.06. The Bertz CT molecular complexity index is 820. The third-order valence-corrected chi connectivity index (χ3v) is 4.94. The van der Waals surface area contributed by atoms with Crippen molar-refractivity contribution in [1.29, 1.82) is 0 Å². The van der Waals surface area contributed by atoms with E-state index >= 15 is 0 Å². The van der Waals surface area contributed by atoms with Crippen molar-refractivity contribution in [3.05, 3.63) is 58.6 Å². The van der Waals surface area contributed by atoms with E-state index in [1.165, 1.54) is 19.8 Å². The van der Waals surface area contributed by atoms with Gasteiger partial charge in [-0.1, -0.05) is 43.9 Å². The van der Waals surface area contributed by atoms with E-state index in [0.29, 0.717) is 28.6 Å². The van der Waals surface area contributed by atoms with Gasteiger partial charge in [0.25, 0.3) is 5.91 Å². The second kappa shape index (κ2) is 11.5. The molecule has 0 saturated carbocycles. The van der Waals surface area contributed by atoms with Gasteiger partial charge in [0.05, 0.1) is 12.2 Å². The number of hydrogen-bond acceptors (Lipinski definition) is 4. The predicted octanol–water partition coefficient (Wildman–Crippen LogP) is 5.79. The van der Waals surface area contributed by atoms with Crippen molar-refractivity contribution in [3.63, 3.8) is 0 Å². The van der Waals surface area contributed by atoms with Gasteiger partial charge in [0.2, 0.25) is 0 Å². The molecule has 0 spiro atoms. The van der Waals surface area contributed by atoms with E-state index in [4.69, 9.17) is 21.1 Å². The van der Waals surface area contributed by atoms with Crippen molar-refractivity contribution in [2.75, 3.05) is 11.9 Å². The fraction of sp³-hybridized carbons (Fsp3) is 0.391. The third kappa shape index (κ3) is 7.09. The van der Waals surface area contributed by atoms with Crippen LogP contribution in [-0.4, -0.2) is 24.6 Å². The number of unbranched alkanes of at least 4 members (excludes halogenated alkanes) is 3. The summed E-state index contributed by atoms with van der Waals surface area (Å²) in [6.45, 7) is 6.16. The fourth-order valence-corrected chi connectivity index (χ4v) is 2.84. The number of carbonyl (C=O) groups excluding carboxylic acids is 2. The molecule has 1 N–H and O–H groups in total. The molecular formula is C23H28ClNO4. The summed E-state index contributed by atoms with van der Waals surface area (Å²) in [5.74, 6) is -0.277. The van der Waals surface area contributed by atoms with Crippen molar-refractivity contribution >= 4 is 29.2 Å². The number of nitrogens with one attached hydrogen (secondary N) is 1. The third-order valence-electron chi connectivity index (χ3n) is 4.54. The minimum atomic E-state index is -0.949. The van der Waals surface area contributed by atoms with Gasteiger partial charge in [-0.15, -0.1) is 0 Å². The minimum absolute atomic E-state index is 0.363. The van der Waals surface area contributed by atoms with Crippen molar-refractivity contribution in [2.24, 2.45) is 0 Å². The lowest BCUT2D eigenvalue weighted by Crippen LogP contribution is -2.30. The molecule has 0 fully saturated rings. The molecule has 0 aliphatic carbocycles. The number of ether oxygens (including phenoxy) is 2. The average Bonchev–Trinajstić information content (AvgIpc) is 2.71. The van der Waals surface area contributed by atoms with Gasteiger partial charge in [0.15, 0.2) is 6.10 Å². The number of amides is 1. The van der Waals surface area contributed by atoms with Gasteiger partial charge >= 0.3 is 5.97 Å². The largest absolute Gasteiger partial charge is 0.494 e. The average molecular weight is 418 g/mol. The van der Waals surface area contributed by atoms with Crippen LogP contribution < -0.4 is 10.1 Å². The van der Waals surface area contributed by atoms with Crippen LogP contribution in [0.15, 0.2) is 42.5 Å². The van der Waals surface area contributed by atoms with E-state index in [2.05, 4.69) is 12.2 Å². The number of anilines is 1. The zero-order valence-electron chi connectivity index (χ0n) is 17.2. The van der Waals surface area contributed by atoms with Gasteiger partial charge in [-0.05, 0) is 62.2 Å². The first-order valence-electron chi connectivity index (χ1n) is 9.92. The second-order valence-corrected chi connectivity index (χ2v) is 7.29. The summed E-state index contributed by atoms with van der Waals surface area (Å²) < 4.78 is 10.9. The normalized spacial score (nSPS) is 11.6. The lowest BCUT2D eigenvalue weighted by Gasteiger charge is -2.15. The molecule has 1 amide bonds. The Labute approximate surface area is 177 Å². The molecule has 2 aromatic rings. The topological polar surface area (TPSA) is 64.6 Å². The highest BCUT2D eigenvalue weighted by Crippen LogP contribution is 2.23. The summed E-state index contributed by atoms with van der Waals surface area (Å²) in [5, 5.41) is 3.29. The van der Waals surface area contributed by atoms with Crippen LogP contribution in [-0.2, 0) is 9.53 Å². The summed E-state index contributed by atoms with van der Waals surface area (Å²) in [5.41, 5.74) is 1.71. The molecule has 6 heteroatoms. The Morgan fingerprint density at radius 2 is 1.79 bits per heavy atom. The lowest BCUT2D eigenvalue weighted by atomic mass is 10.2. The number of hydrogen-bond donors (Lipinski definition) is 1. The Kier molecular flexibility index (Phi) is 9.00. The van der Waals surface area contributed by atoms with Gasteiger partial charge in [-0.25, -0.2) is 4.79 Å². The molecule has 0 heterocycles. The highest BCUT2D eigenvalue weighted by molar-refractivity contribution is 6.31. The molecule has 156 valence electrons. The number of halogens is 1. The quantitative estimate of drug-likeness (QED) is 0.392. The van der Waals surface area contributed by atoms with Crippen molar-refractivity contribution in [3.8, 4) is 5.75 Å². The van der Waals surface area contributed by atoms with Gasteiger partial charge in [0, 0.05) is 10.7 Å². The zero-order valence-corrected chi connectivity index (χ0v) is 17.9. The molecule has 0 aromatic heterocycles. The molecule has 1 atom stereocenters. The maximum Gasteiger partial charge on any atom is 0.338 e. The standard InChI is InChI=1S/C23H28ClNO4/c1-4-5-6-7-15-28-19-13-11-18(12-14-19)23(27)29-17(3)22(26)25-21-10-8-9-20(24)16(21)2/h8-14,17H,4-7,15H2,1-3H3,(H,25,26). The highest BCUT2D eigenvalue weighted by Gasteiger charge is 2.20. The predicted molar refractivity (Wildman–Crippen MR) is 116 cm³/mol. The van der Waals surface area contributed by atoms with E-state index < -0.39 is 18.0 Å². The molecule has 0 bridgehead atoms. The number of rotatable bonds is 10.